The molecule has 1 aromatic heterocycles. The summed E-state index contributed by atoms with van der Waals surface area (Å²) in [4.78, 5) is 3.20. The Hall–Kier alpha value is -1.11. The molecule has 1 rings (SSSR count). The maximum Gasteiger partial charge on any atom is 0.106 e. The second-order valence-corrected chi connectivity index (χ2v) is 3.93. The first-order chi connectivity index (χ1) is 7.19. The summed E-state index contributed by atoms with van der Waals surface area (Å²) in [6.45, 7) is -0.272. The van der Waals surface area contributed by atoms with Gasteiger partial charge >= 0.3 is 0 Å². The minimum atomic E-state index is -1.12. The Morgan fingerprint density at radius 3 is 2.80 bits per heavy atom. The smallest absolute Gasteiger partial charge is 0.106 e. The van der Waals surface area contributed by atoms with Crippen LogP contribution in [-0.4, -0.2) is 28.0 Å². The molecule has 6 nitrogen and oxygen atoms in total. The van der Waals surface area contributed by atoms with Crippen LogP contribution in [0.25, 0.3) is 10.4 Å². The molecular formula is C8H11N3O3S. The number of nitrogens with zero attached hydrogens (tertiary/aromatic N) is 3. The third-order valence-corrected chi connectivity index (χ3v) is 2.81. The van der Waals surface area contributed by atoms with E-state index >= 15 is 0 Å². The molecule has 0 aliphatic heterocycles. The van der Waals surface area contributed by atoms with Gasteiger partial charge < -0.3 is 15.3 Å². The molecule has 2 unspecified atom stereocenters. The molecule has 0 bridgehead atoms. The van der Waals surface area contributed by atoms with E-state index in [-0.39, 0.29) is 13.2 Å². The Morgan fingerprint density at radius 1 is 1.53 bits per heavy atom. The maximum atomic E-state index is 9.62. The van der Waals surface area contributed by atoms with Crippen LogP contribution < -0.4 is 0 Å². The second kappa shape index (κ2) is 5.69. The van der Waals surface area contributed by atoms with Gasteiger partial charge in [-0.1, -0.05) is 5.11 Å². The van der Waals surface area contributed by atoms with Crippen molar-refractivity contribution in [1.29, 1.82) is 0 Å². The molecule has 7 heteroatoms. The SMILES string of the molecule is [N-]=[N+]=NCC(O)C(O)c1csc(CO)c1. The average Bonchev–Trinajstić information content (AvgIpc) is 2.73. The van der Waals surface area contributed by atoms with Crippen molar-refractivity contribution < 1.29 is 15.3 Å². The van der Waals surface area contributed by atoms with Crippen molar-refractivity contribution in [3.05, 3.63) is 32.3 Å². The fraction of sp³-hybridized carbons (Fsp3) is 0.500. The van der Waals surface area contributed by atoms with Gasteiger partial charge in [-0.3, -0.25) is 0 Å². The molecule has 0 amide bonds. The van der Waals surface area contributed by atoms with Gasteiger partial charge in [-0.05, 0) is 22.5 Å². The van der Waals surface area contributed by atoms with Crippen LogP contribution in [0.4, 0.5) is 0 Å². The van der Waals surface area contributed by atoms with Crippen molar-refractivity contribution in [3.63, 3.8) is 0 Å². The van der Waals surface area contributed by atoms with Crippen molar-refractivity contribution in [2.45, 2.75) is 18.8 Å². The number of hydrogen-bond acceptors (Lipinski definition) is 5. The molecular weight excluding hydrogens is 218 g/mol. The lowest BCUT2D eigenvalue weighted by Gasteiger charge is -2.14. The molecule has 0 saturated carbocycles. The lowest BCUT2D eigenvalue weighted by Crippen LogP contribution is -2.20. The van der Waals surface area contributed by atoms with E-state index in [4.69, 9.17) is 10.6 Å². The highest BCUT2D eigenvalue weighted by Crippen LogP contribution is 2.23. The Balaban J connectivity index is 2.66. The fourth-order valence-corrected chi connectivity index (χ4v) is 1.85. The molecule has 0 aromatic carbocycles. The second-order valence-electron chi connectivity index (χ2n) is 2.93. The zero-order valence-corrected chi connectivity index (χ0v) is 8.63. The summed E-state index contributed by atoms with van der Waals surface area (Å²) in [6, 6.07) is 1.61. The summed E-state index contributed by atoms with van der Waals surface area (Å²) in [5.41, 5.74) is 8.56. The number of azide groups is 1. The van der Waals surface area contributed by atoms with Crippen molar-refractivity contribution in [2.24, 2.45) is 5.11 Å². The molecule has 2 atom stereocenters. The van der Waals surface area contributed by atoms with E-state index in [1.165, 1.54) is 11.3 Å². The zero-order chi connectivity index (χ0) is 11.3. The summed E-state index contributed by atoms with van der Waals surface area (Å²) in [5, 5.41) is 32.7. The summed E-state index contributed by atoms with van der Waals surface area (Å²) in [6.07, 6.45) is -2.21. The Morgan fingerprint density at radius 2 is 2.27 bits per heavy atom. The zero-order valence-electron chi connectivity index (χ0n) is 7.82. The lowest BCUT2D eigenvalue weighted by molar-refractivity contribution is 0.0246. The van der Waals surface area contributed by atoms with Crippen LogP contribution in [0.1, 0.15) is 16.5 Å². The van der Waals surface area contributed by atoms with Crippen LogP contribution in [0.5, 0.6) is 0 Å². The number of thiophene rings is 1. The third kappa shape index (κ3) is 3.19. The standard InChI is InChI=1S/C8H11N3O3S/c9-11-10-2-7(13)8(14)5-1-6(3-12)15-4-5/h1,4,7-8,12-14H,2-3H2. The van der Waals surface area contributed by atoms with E-state index in [1.807, 2.05) is 0 Å². The molecule has 15 heavy (non-hydrogen) atoms. The molecule has 1 aromatic rings. The van der Waals surface area contributed by atoms with E-state index in [0.29, 0.717) is 10.4 Å². The molecule has 0 aliphatic rings. The van der Waals surface area contributed by atoms with Gasteiger partial charge in [0.05, 0.1) is 19.3 Å². The normalized spacial score (nSPS) is 14.3. The van der Waals surface area contributed by atoms with Gasteiger partial charge in [-0.15, -0.1) is 11.3 Å². The van der Waals surface area contributed by atoms with E-state index in [0.717, 1.165) is 0 Å². The van der Waals surface area contributed by atoms with Gasteiger partial charge in [0, 0.05) is 9.79 Å². The molecule has 0 fully saturated rings. The molecule has 0 spiro atoms. The number of aliphatic hydroxyl groups is 3. The Labute approximate surface area is 90.0 Å². The van der Waals surface area contributed by atoms with E-state index in [9.17, 15) is 10.2 Å². The van der Waals surface area contributed by atoms with E-state index in [2.05, 4.69) is 10.0 Å². The quantitative estimate of drug-likeness (QED) is 0.397. The topological polar surface area (TPSA) is 109 Å². The van der Waals surface area contributed by atoms with E-state index in [1.54, 1.807) is 11.4 Å². The van der Waals surface area contributed by atoms with E-state index < -0.39 is 12.2 Å². The fourth-order valence-electron chi connectivity index (χ4n) is 1.08. The predicted molar refractivity (Wildman–Crippen MR) is 55.2 cm³/mol. The van der Waals surface area contributed by atoms with Crippen molar-refractivity contribution in [3.8, 4) is 0 Å². The minimum absolute atomic E-state index is 0.0934. The van der Waals surface area contributed by atoms with Gasteiger partial charge in [-0.2, -0.15) is 0 Å². The summed E-state index contributed by atoms with van der Waals surface area (Å²) >= 11 is 1.29. The Bertz CT molecular complexity index is 362. The number of aliphatic hydroxyl groups excluding tert-OH is 3. The van der Waals surface area contributed by atoms with Gasteiger partial charge in [-0.25, -0.2) is 0 Å². The first-order valence-electron chi connectivity index (χ1n) is 4.24. The molecule has 0 radical (unpaired) electrons. The highest BCUT2D eigenvalue weighted by atomic mass is 32.1. The number of hydrogen-bond donors (Lipinski definition) is 3. The Kier molecular flexibility index (Phi) is 4.54. The van der Waals surface area contributed by atoms with Gasteiger partial charge in [0.25, 0.3) is 0 Å². The largest absolute Gasteiger partial charge is 0.391 e. The van der Waals surface area contributed by atoms with Crippen LogP contribution in [0, 0.1) is 0 Å². The summed E-state index contributed by atoms with van der Waals surface area (Å²) in [5.74, 6) is 0. The van der Waals surface area contributed by atoms with Crippen LogP contribution >= 0.6 is 11.3 Å². The molecule has 3 N–H and O–H groups in total. The highest BCUT2D eigenvalue weighted by Gasteiger charge is 2.18. The molecule has 1 heterocycles. The van der Waals surface area contributed by atoms with Crippen molar-refractivity contribution in [2.75, 3.05) is 6.54 Å². The van der Waals surface area contributed by atoms with Crippen LogP contribution in [0.15, 0.2) is 16.6 Å². The highest BCUT2D eigenvalue weighted by molar-refractivity contribution is 7.10. The van der Waals surface area contributed by atoms with Crippen molar-refractivity contribution in [1.82, 2.24) is 0 Å². The molecule has 82 valence electrons. The van der Waals surface area contributed by atoms with Gasteiger partial charge in [0.2, 0.25) is 0 Å². The lowest BCUT2D eigenvalue weighted by atomic mass is 10.1. The van der Waals surface area contributed by atoms with Crippen LogP contribution in [-0.2, 0) is 6.61 Å². The molecule has 0 saturated heterocycles. The van der Waals surface area contributed by atoms with Gasteiger partial charge in [0.15, 0.2) is 0 Å². The van der Waals surface area contributed by atoms with Crippen LogP contribution in [0.3, 0.4) is 0 Å². The maximum absolute atomic E-state index is 9.62. The number of rotatable bonds is 5. The predicted octanol–water partition coefficient (Wildman–Crippen LogP) is 0.945. The monoisotopic (exact) mass is 229 g/mol. The van der Waals surface area contributed by atoms with Gasteiger partial charge in [0.1, 0.15) is 6.10 Å². The first-order valence-corrected chi connectivity index (χ1v) is 5.12. The minimum Gasteiger partial charge on any atom is -0.391 e. The summed E-state index contributed by atoms with van der Waals surface area (Å²) in [7, 11) is 0. The average molecular weight is 229 g/mol. The molecule has 0 aliphatic carbocycles. The summed E-state index contributed by atoms with van der Waals surface area (Å²) < 4.78 is 0. The van der Waals surface area contributed by atoms with Crippen LogP contribution in [0.2, 0.25) is 0 Å². The van der Waals surface area contributed by atoms with Crippen molar-refractivity contribution >= 4 is 11.3 Å². The third-order valence-electron chi connectivity index (χ3n) is 1.87. The first kappa shape index (κ1) is 12.0.